The minimum Gasteiger partial charge on any atom is -0.340 e. The number of hydrogen-bond acceptors (Lipinski definition) is 3. The Labute approximate surface area is 201 Å². The third-order valence-electron chi connectivity index (χ3n) is 6.97. The lowest BCUT2D eigenvalue weighted by molar-refractivity contribution is -0.132. The Morgan fingerprint density at radius 1 is 0.882 bits per heavy atom. The number of rotatable bonds is 6. The predicted octanol–water partition coefficient (Wildman–Crippen LogP) is 5.07. The number of aromatic nitrogens is 2. The molecule has 1 amide bonds. The van der Waals surface area contributed by atoms with E-state index in [4.69, 9.17) is 4.98 Å². The van der Waals surface area contributed by atoms with E-state index >= 15 is 0 Å². The highest BCUT2D eigenvalue weighted by atomic mass is 16.2. The van der Waals surface area contributed by atoms with Gasteiger partial charge in [-0.25, -0.2) is 4.98 Å². The minimum absolute atomic E-state index is 0.236. The maximum absolute atomic E-state index is 13.1. The molecule has 2 aromatic heterocycles. The van der Waals surface area contributed by atoms with Crippen LogP contribution in [0.25, 0.3) is 28.0 Å². The first-order valence-electron chi connectivity index (χ1n) is 12.3. The summed E-state index contributed by atoms with van der Waals surface area (Å²) in [7, 11) is 0. The lowest BCUT2D eigenvalue weighted by Crippen LogP contribution is -2.48. The number of hydrogen-bond donors (Lipinski definition) is 0. The lowest BCUT2D eigenvalue weighted by atomic mass is 10.0. The van der Waals surface area contributed by atoms with Crippen molar-refractivity contribution in [3.63, 3.8) is 0 Å². The third kappa shape index (κ3) is 4.48. The number of fused-ring (bicyclic) bond motifs is 1. The molecule has 2 aromatic carbocycles. The molecule has 1 aliphatic heterocycles. The SMILES string of the molecule is CCN1CCN(C(=O)CCc2c(-c3ccccc3)nc3ccc(-c4ccccc4C)cn23)CC1. The summed E-state index contributed by atoms with van der Waals surface area (Å²) in [5.74, 6) is 0.236. The van der Waals surface area contributed by atoms with Gasteiger partial charge >= 0.3 is 0 Å². The van der Waals surface area contributed by atoms with Crippen LogP contribution in [0.4, 0.5) is 0 Å². The summed E-state index contributed by atoms with van der Waals surface area (Å²) in [6, 6.07) is 23.0. The van der Waals surface area contributed by atoms with Crippen molar-refractivity contribution >= 4 is 11.6 Å². The third-order valence-corrected chi connectivity index (χ3v) is 6.97. The molecule has 0 aliphatic carbocycles. The minimum atomic E-state index is 0.236. The van der Waals surface area contributed by atoms with Gasteiger partial charge in [-0.1, -0.05) is 61.5 Å². The average Bonchev–Trinajstić information content (AvgIpc) is 3.26. The molecular formula is C29H32N4O. The van der Waals surface area contributed by atoms with Gasteiger partial charge in [0.05, 0.1) is 11.4 Å². The summed E-state index contributed by atoms with van der Waals surface area (Å²) in [6.07, 6.45) is 3.33. The molecule has 1 saturated heterocycles. The zero-order valence-electron chi connectivity index (χ0n) is 20.1. The monoisotopic (exact) mass is 452 g/mol. The fourth-order valence-electron chi connectivity index (χ4n) is 4.91. The van der Waals surface area contributed by atoms with Crippen molar-refractivity contribution in [1.82, 2.24) is 19.2 Å². The van der Waals surface area contributed by atoms with Crippen molar-refractivity contribution in [3.05, 3.63) is 84.2 Å². The zero-order valence-corrected chi connectivity index (χ0v) is 20.1. The highest BCUT2D eigenvalue weighted by Crippen LogP contribution is 2.29. The van der Waals surface area contributed by atoms with Crippen LogP contribution < -0.4 is 0 Å². The van der Waals surface area contributed by atoms with Crippen molar-refractivity contribution in [1.29, 1.82) is 0 Å². The normalized spacial score (nSPS) is 14.6. The largest absolute Gasteiger partial charge is 0.340 e. The van der Waals surface area contributed by atoms with Crippen molar-refractivity contribution in [2.45, 2.75) is 26.7 Å². The van der Waals surface area contributed by atoms with Crippen LogP contribution in [0.15, 0.2) is 72.9 Å². The standard InChI is InChI=1S/C29H32N4O/c1-3-31-17-19-32(20-18-31)28(34)16-14-26-29(23-10-5-4-6-11-23)30-27-15-13-24(21-33(26)27)25-12-8-7-9-22(25)2/h4-13,15,21H,3,14,16-20H2,1-2H3. The van der Waals surface area contributed by atoms with Crippen LogP contribution in [0, 0.1) is 6.92 Å². The van der Waals surface area contributed by atoms with Gasteiger partial charge in [0.2, 0.25) is 5.91 Å². The molecule has 5 rings (SSSR count). The molecule has 0 saturated carbocycles. The van der Waals surface area contributed by atoms with Gasteiger partial charge in [0.15, 0.2) is 0 Å². The average molecular weight is 453 g/mol. The Kier molecular flexibility index (Phi) is 6.45. The second-order valence-corrected chi connectivity index (χ2v) is 9.05. The van der Waals surface area contributed by atoms with Gasteiger partial charge in [-0.3, -0.25) is 4.79 Å². The van der Waals surface area contributed by atoms with Gasteiger partial charge in [-0.2, -0.15) is 0 Å². The molecule has 0 atom stereocenters. The van der Waals surface area contributed by atoms with Crippen LogP contribution in [0.3, 0.4) is 0 Å². The first-order valence-corrected chi connectivity index (χ1v) is 12.3. The van der Waals surface area contributed by atoms with E-state index in [9.17, 15) is 4.79 Å². The second kappa shape index (κ2) is 9.82. The number of nitrogens with zero attached hydrogens (tertiary/aromatic N) is 4. The number of benzene rings is 2. The number of likely N-dealkylation sites (N-methyl/N-ethyl adjacent to an activating group) is 1. The number of carbonyl (C=O) groups is 1. The zero-order chi connectivity index (χ0) is 23.5. The van der Waals surface area contributed by atoms with Crippen LogP contribution in [0.1, 0.15) is 24.6 Å². The number of amides is 1. The molecule has 174 valence electrons. The van der Waals surface area contributed by atoms with Crippen LogP contribution in [0.5, 0.6) is 0 Å². The molecule has 0 N–H and O–H groups in total. The van der Waals surface area contributed by atoms with Gasteiger partial charge in [0.1, 0.15) is 5.65 Å². The molecule has 3 heterocycles. The van der Waals surface area contributed by atoms with E-state index in [0.29, 0.717) is 12.8 Å². The second-order valence-electron chi connectivity index (χ2n) is 9.05. The molecule has 5 nitrogen and oxygen atoms in total. The summed E-state index contributed by atoms with van der Waals surface area (Å²) >= 11 is 0. The van der Waals surface area contributed by atoms with Gasteiger partial charge in [-0.05, 0) is 48.7 Å². The van der Waals surface area contributed by atoms with Gasteiger partial charge in [0.25, 0.3) is 0 Å². The summed E-state index contributed by atoms with van der Waals surface area (Å²) in [5.41, 5.74) is 7.68. The Balaban J connectivity index is 1.48. The lowest BCUT2D eigenvalue weighted by Gasteiger charge is -2.34. The fourth-order valence-corrected chi connectivity index (χ4v) is 4.91. The number of aryl methyl sites for hydroxylation is 2. The number of imidazole rings is 1. The van der Waals surface area contributed by atoms with E-state index in [-0.39, 0.29) is 5.91 Å². The van der Waals surface area contributed by atoms with E-state index < -0.39 is 0 Å². The van der Waals surface area contributed by atoms with E-state index in [2.05, 4.69) is 77.9 Å². The maximum atomic E-state index is 13.1. The predicted molar refractivity (Wildman–Crippen MR) is 138 cm³/mol. The Morgan fingerprint density at radius 2 is 1.62 bits per heavy atom. The Morgan fingerprint density at radius 3 is 2.35 bits per heavy atom. The van der Waals surface area contributed by atoms with Crippen LogP contribution in [-0.4, -0.2) is 57.8 Å². The molecular weight excluding hydrogens is 420 g/mol. The van der Waals surface area contributed by atoms with E-state index in [0.717, 1.165) is 60.9 Å². The highest BCUT2D eigenvalue weighted by Gasteiger charge is 2.22. The first kappa shape index (κ1) is 22.4. The van der Waals surface area contributed by atoms with Crippen molar-refractivity contribution in [2.24, 2.45) is 0 Å². The summed E-state index contributed by atoms with van der Waals surface area (Å²) < 4.78 is 2.19. The number of carbonyl (C=O) groups excluding carboxylic acids is 1. The number of pyridine rings is 1. The summed E-state index contributed by atoms with van der Waals surface area (Å²) in [4.78, 5) is 22.5. The molecule has 5 heteroatoms. The molecule has 0 unspecified atom stereocenters. The van der Waals surface area contributed by atoms with E-state index in [1.165, 1.54) is 11.1 Å². The van der Waals surface area contributed by atoms with Crippen LogP contribution >= 0.6 is 0 Å². The van der Waals surface area contributed by atoms with Crippen LogP contribution in [-0.2, 0) is 11.2 Å². The molecule has 1 aliphatic rings. The Bertz CT molecular complexity index is 1290. The maximum Gasteiger partial charge on any atom is 0.223 e. The number of piperazine rings is 1. The molecule has 0 radical (unpaired) electrons. The van der Waals surface area contributed by atoms with E-state index in [1.807, 2.05) is 23.1 Å². The van der Waals surface area contributed by atoms with Crippen molar-refractivity contribution in [2.75, 3.05) is 32.7 Å². The van der Waals surface area contributed by atoms with E-state index in [1.54, 1.807) is 0 Å². The smallest absolute Gasteiger partial charge is 0.223 e. The molecule has 1 fully saturated rings. The molecule has 34 heavy (non-hydrogen) atoms. The Hall–Kier alpha value is -3.44. The summed E-state index contributed by atoms with van der Waals surface area (Å²) in [6.45, 7) is 8.94. The van der Waals surface area contributed by atoms with Crippen LogP contribution in [0.2, 0.25) is 0 Å². The highest BCUT2D eigenvalue weighted by molar-refractivity contribution is 5.77. The van der Waals surface area contributed by atoms with Crippen molar-refractivity contribution < 1.29 is 4.79 Å². The fraction of sp³-hybridized carbons (Fsp3) is 0.310. The van der Waals surface area contributed by atoms with Crippen molar-refractivity contribution in [3.8, 4) is 22.4 Å². The molecule has 0 spiro atoms. The molecule has 4 aromatic rings. The first-order chi connectivity index (χ1) is 16.6. The summed E-state index contributed by atoms with van der Waals surface area (Å²) in [5, 5.41) is 0. The van der Waals surface area contributed by atoms with Gasteiger partial charge in [-0.15, -0.1) is 0 Å². The topological polar surface area (TPSA) is 40.8 Å². The van der Waals surface area contributed by atoms with Gasteiger partial charge in [0, 0.05) is 44.4 Å². The van der Waals surface area contributed by atoms with Gasteiger partial charge < -0.3 is 14.2 Å². The molecule has 0 bridgehead atoms. The quantitative estimate of drug-likeness (QED) is 0.410.